The lowest BCUT2D eigenvalue weighted by Gasteiger charge is -2.19. The van der Waals surface area contributed by atoms with Crippen LogP contribution >= 0.6 is 0 Å². The number of rotatable bonds is 4. The van der Waals surface area contributed by atoms with E-state index in [1.54, 1.807) is 13.0 Å². The van der Waals surface area contributed by atoms with Crippen molar-refractivity contribution in [2.75, 3.05) is 7.11 Å². The fourth-order valence-electron chi connectivity index (χ4n) is 1.67. The summed E-state index contributed by atoms with van der Waals surface area (Å²) in [6.07, 6.45) is -3.47. The molecule has 1 aromatic carbocycles. The van der Waals surface area contributed by atoms with Crippen molar-refractivity contribution < 1.29 is 29.6 Å². The van der Waals surface area contributed by atoms with Gasteiger partial charge in [0.2, 0.25) is 0 Å². The highest BCUT2D eigenvalue weighted by molar-refractivity contribution is 5.90. The van der Waals surface area contributed by atoms with Gasteiger partial charge in [-0.05, 0) is 18.6 Å². The molecule has 0 radical (unpaired) electrons. The fraction of sp³-hybridized carbons (Fsp3) is 0.333. The zero-order valence-corrected chi connectivity index (χ0v) is 9.95. The number of benzene rings is 1. The lowest BCUT2D eigenvalue weighted by atomic mass is 9.94. The molecule has 0 aromatic heterocycles. The third-order valence-electron chi connectivity index (χ3n) is 2.59. The number of ether oxygens (including phenoxy) is 1. The lowest BCUT2D eigenvalue weighted by Crippen LogP contribution is -2.30. The number of methoxy groups -OCH3 is 1. The van der Waals surface area contributed by atoms with Gasteiger partial charge in [-0.25, -0.2) is 9.59 Å². The van der Waals surface area contributed by atoms with Gasteiger partial charge in [0.1, 0.15) is 6.10 Å². The van der Waals surface area contributed by atoms with Crippen LogP contribution in [0.4, 0.5) is 0 Å². The van der Waals surface area contributed by atoms with Crippen LogP contribution in [0.15, 0.2) is 18.2 Å². The molecule has 1 aromatic rings. The molecule has 0 spiro atoms. The molecule has 6 heteroatoms. The third-order valence-corrected chi connectivity index (χ3v) is 2.59. The highest BCUT2D eigenvalue weighted by Gasteiger charge is 2.30. The van der Waals surface area contributed by atoms with E-state index < -0.39 is 24.1 Å². The molecular weight excluding hydrogens is 240 g/mol. The largest absolute Gasteiger partial charge is 0.478 e. The van der Waals surface area contributed by atoms with Crippen molar-refractivity contribution >= 4 is 11.9 Å². The molecule has 2 unspecified atom stereocenters. The molecule has 0 heterocycles. The number of aliphatic hydroxyl groups excluding tert-OH is 2. The summed E-state index contributed by atoms with van der Waals surface area (Å²) in [4.78, 5) is 22.2. The Kier molecular flexibility index (Phi) is 4.41. The van der Waals surface area contributed by atoms with E-state index in [0.29, 0.717) is 5.56 Å². The first kappa shape index (κ1) is 14.1. The van der Waals surface area contributed by atoms with Gasteiger partial charge in [0.15, 0.2) is 6.10 Å². The fourth-order valence-corrected chi connectivity index (χ4v) is 1.67. The Balaban J connectivity index is 3.23. The molecule has 0 amide bonds. The van der Waals surface area contributed by atoms with Crippen LogP contribution < -0.4 is 0 Å². The Morgan fingerprint density at radius 1 is 1.28 bits per heavy atom. The van der Waals surface area contributed by atoms with E-state index in [0.717, 1.165) is 7.11 Å². The maximum Gasteiger partial charge on any atom is 0.337 e. The van der Waals surface area contributed by atoms with Crippen LogP contribution in [0.1, 0.15) is 27.6 Å². The average Bonchev–Trinajstić information content (AvgIpc) is 2.35. The summed E-state index contributed by atoms with van der Waals surface area (Å²) in [6.45, 7) is 1.58. The third kappa shape index (κ3) is 2.66. The van der Waals surface area contributed by atoms with Gasteiger partial charge in [0.25, 0.3) is 0 Å². The average molecular weight is 254 g/mol. The number of hydrogen-bond acceptors (Lipinski definition) is 5. The maximum absolute atomic E-state index is 11.1. The van der Waals surface area contributed by atoms with Crippen LogP contribution in [0.25, 0.3) is 0 Å². The van der Waals surface area contributed by atoms with Crippen LogP contribution in [-0.2, 0) is 9.53 Å². The molecule has 1 rings (SSSR count). The minimum absolute atomic E-state index is 0.00269. The normalized spacial score (nSPS) is 13.8. The first-order chi connectivity index (χ1) is 8.40. The quantitative estimate of drug-likeness (QED) is 0.666. The summed E-state index contributed by atoms with van der Waals surface area (Å²) in [5, 5.41) is 28.4. The van der Waals surface area contributed by atoms with E-state index in [4.69, 9.17) is 5.11 Å². The van der Waals surface area contributed by atoms with E-state index in [2.05, 4.69) is 4.74 Å². The zero-order chi connectivity index (χ0) is 13.9. The van der Waals surface area contributed by atoms with Gasteiger partial charge in [0.05, 0.1) is 12.7 Å². The molecule has 0 aliphatic carbocycles. The predicted octanol–water partition coefficient (Wildman–Crippen LogP) is 0.261. The van der Waals surface area contributed by atoms with E-state index in [-0.39, 0.29) is 11.1 Å². The molecular formula is C12H14O6. The van der Waals surface area contributed by atoms with Crippen LogP contribution in [0.5, 0.6) is 0 Å². The molecule has 0 aliphatic heterocycles. The molecule has 0 saturated heterocycles. The second-order valence-corrected chi connectivity index (χ2v) is 3.75. The van der Waals surface area contributed by atoms with E-state index >= 15 is 0 Å². The minimum atomic E-state index is -1.82. The zero-order valence-electron chi connectivity index (χ0n) is 9.95. The van der Waals surface area contributed by atoms with Gasteiger partial charge >= 0.3 is 11.9 Å². The van der Waals surface area contributed by atoms with Crippen molar-refractivity contribution in [3.8, 4) is 0 Å². The molecule has 98 valence electrons. The van der Waals surface area contributed by atoms with Gasteiger partial charge in [0, 0.05) is 5.56 Å². The number of hydrogen-bond donors (Lipinski definition) is 3. The number of carboxylic acid groups (broad SMARTS) is 1. The van der Waals surface area contributed by atoms with E-state index in [9.17, 15) is 19.8 Å². The monoisotopic (exact) mass is 254 g/mol. The lowest BCUT2D eigenvalue weighted by molar-refractivity contribution is -0.156. The molecule has 18 heavy (non-hydrogen) atoms. The number of aromatic carboxylic acids is 1. The van der Waals surface area contributed by atoms with Gasteiger partial charge < -0.3 is 20.1 Å². The molecule has 0 saturated carbocycles. The van der Waals surface area contributed by atoms with Gasteiger partial charge in [-0.2, -0.15) is 0 Å². The summed E-state index contributed by atoms with van der Waals surface area (Å²) in [5.41, 5.74) is 0.304. The van der Waals surface area contributed by atoms with Crippen molar-refractivity contribution in [1.82, 2.24) is 0 Å². The molecule has 0 bridgehead atoms. The number of aliphatic hydroxyl groups is 2. The molecule has 2 atom stereocenters. The van der Waals surface area contributed by atoms with Crippen molar-refractivity contribution in [1.29, 1.82) is 0 Å². The maximum atomic E-state index is 11.1. The number of esters is 1. The van der Waals surface area contributed by atoms with Crippen LogP contribution in [0, 0.1) is 6.92 Å². The molecule has 3 N–H and O–H groups in total. The van der Waals surface area contributed by atoms with Crippen LogP contribution in [0.2, 0.25) is 0 Å². The van der Waals surface area contributed by atoms with Crippen LogP contribution in [-0.4, -0.2) is 40.5 Å². The minimum Gasteiger partial charge on any atom is -0.478 e. The Morgan fingerprint density at radius 3 is 2.39 bits per heavy atom. The summed E-state index contributed by atoms with van der Waals surface area (Å²) >= 11 is 0. The van der Waals surface area contributed by atoms with Crippen molar-refractivity contribution in [2.24, 2.45) is 0 Å². The first-order valence-electron chi connectivity index (χ1n) is 5.17. The SMILES string of the molecule is COC(=O)C(O)C(O)c1c(C)cccc1C(=O)O. The van der Waals surface area contributed by atoms with Crippen molar-refractivity contribution in [2.45, 2.75) is 19.1 Å². The van der Waals surface area contributed by atoms with Gasteiger partial charge in [-0.15, -0.1) is 0 Å². The topological polar surface area (TPSA) is 104 Å². The molecule has 0 fully saturated rings. The Bertz CT molecular complexity index is 468. The van der Waals surface area contributed by atoms with Gasteiger partial charge in [-0.1, -0.05) is 12.1 Å². The first-order valence-corrected chi connectivity index (χ1v) is 5.17. The van der Waals surface area contributed by atoms with Crippen LogP contribution in [0.3, 0.4) is 0 Å². The summed E-state index contributed by atoms with van der Waals surface area (Å²) in [5.74, 6) is -2.27. The standard InChI is InChI=1S/C12H14O6/c1-6-4-3-5-7(11(15)16)8(6)9(13)10(14)12(17)18-2/h3-5,9-10,13-14H,1-2H3,(H,15,16). The number of carbonyl (C=O) groups is 2. The second kappa shape index (κ2) is 5.61. The predicted molar refractivity (Wildman–Crippen MR) is 61.1 cm³/mol. The summed E-state index contributed by atoms with van der Waals surface area (Å²) < 4.78 is 4.30. The Labute approximate surface area is 103 Å². The summed E-state index contributed by atoms with van der Waals surface area (Å²) in [6, 6.07) is 4.38. The number of carboxylic acids is 1. The highest BCUT2D eigenvalue weighted by Crippen LogP contribution is 2.25. The van der Waals surface area contributed by atoms with E-state index in [1.807, 2.05) is 0 Å². The van der Waals surface area contributed by atoms with Crippen molar-refractivity contribution in [3.05, 3.63) is 34.9 Å². The smallest absolute Gasteiger partial charge is 0.337 e. The highest BCUT2D eigenvalue weighted by atomic mass is 16.5. The molecule has 0 aliphatic rings. The number of aryl methyl sites for hydroxylation is 1. The number of carbonyl (C=O) groups excluding carboxylic acids is 1. The Hall–Kier alpha value is -1.92. The second-order valence-electron chi connectivity index (χ2n) is 3.75. The Morgan fingerprint density at radius 2 is 1.89 bits per heavy atom. The molecule has 6 nitrogen and oxygen atoms in total. The summed E-state index contributed by atoms with van der Waals surface area (Å²) in [7, 11) is 1.06. The van der Waals surface area contributed by atoms with Gasteiger partial charge in [-0.3, -0.25) is 0 Å². The van der Waals surface area contributed by atoms with E-state index in [1.165, 1.54) is 12.1 Å². The van der Waals surface area contributed by atoms with Crippen molar-refractivity contribution in [3.63, 3.8) is 0 Å².